The molecule has 3 N–H and O–H groups in total. The Morgan fingerprint density at radius 1 is 1.22 bits per heavy atom. The third-order valence-electron chi connectivity index (χ3n) is 2.83. The number of hydrogen-bond acceptors (Lipinski definition) is 3. The maximum atomic E-state index is 8.73. The number of nitrogens with two attached hydrogens (primary N) is 1. The van der Waals surface area contributed by atoms with E-state index in [0.29, 0.717) is 25.5 Å². The molecule has 1 atom stereocenters. The van der Waals surface area contributed by atoms with Crippen LogP contribution >= 0.6 is 0 Å². The summed E-state index contributed by atoms with van der Waals surface area (Å²) >= 11 is 0. The van der Waals surface area contributed by atoms with Crippen LogP contribution < -0.4 is 5.73 Å². The van der Waals surface area contributed by atoms with Gasteiger partial charge in [-0.05, 0) is 29.9 Å². The average Bonchev–Trinajstić information content (AvgIpc) is 2.35. The molecule has 0 saturated heterocycles. The molecular formula is C15H25NO2. The van der Waals surface area contributed by atoms with Gasteiger partial charge in [0.05, 0.1) is 6.10 Å². The van der Waals surface area contributed by atoms with E-state index >= 15 is 0 Å². The van der Waals surface area contributed by atoms with Crippen molar-refractivity contribution < 1.29 is 9.84 Å². The minimum atomic E-state index is -0.0651. The number of aliphatic hydroxyl groups excluding tert-OH is 1. The SMILES string of the molecule is CC(C)Cc1ccc(C(CN)OCCCO)cc1. The third kappa shape index (κ3) is 5.17. The molecule has 18 heavy (non-hydrogen) atoms. The van der Waals surface area contributed by atoms with Crippen LogP contribution in [0.1, 0.15) is 37.5 Å². The Hall–Kier alpha value is -0.900. The fourth-order valence-electron chi connectivity index (χ4n) is 1.93. The van der Waals surface area contributed by atoms with E-state index in [1.807, 2.05) is 0 Å². The average molecular weight is 251 g/mol. The van der Waals surface area contributed by atoms with Crippen LogP contribution in [0.25, 0.3) is 0 Å². The molecule has 1 aromatic rings. The summed E-state index contributed by atoms with van der Waals surface area (Å²) in [6.45, 7) is 5.61. The molecule has 1 unspecified atom stereocenters. The number of rotatable bonds is 8. The van der Waals surface area contributed by atoms with Gasteiger partial charge in [-0.3, -0.25) is 0 Å². The molecule has 0 spiro atoms. The van der Waals surface area contributed by atoms with Crippen molar-refractivity contribution in [3.63, 3.8) is 0 Å². The monoisotopic (exact) mass is 251 g/mol. The van der Waals surface area contributed by atoms with Gasteiger partial charge in [0.15, 0.2) is 0 Å². The van der Waals surface area contributed by atoms with Crippen LogP contribution in [0.4, 0.5) is 0 Å². The lowest BCUT2D eigenvalue weighted by Crippen LogP contribution is -2.17. The largest absolute Gasteiger partial charge is 0.396 e. The molecule has 0 heterocycles. The molecule has 0 radical (unpaired) electrons. The van der Waals surface area contributed by atoms with Crippen LogP contribution in [-0.2, 0) is 11.2 Å². The van der Waals surface area contributed by atoms with Crippen molar-refractivity contribution in [1.29, 1.82) is 0 Å². The van der Waals surface area contributed by atoms with Gasteiger partial charge in [-0.25, -0.2) is 0 Å². The fourth-order valence-corrected chi connectivity index (χ4v) is 1.93. The Morgan fingerprint density at radius 3 is 2.39 bits per heavy atom. The summed E-state index contributed by atoms with van der Waals surface area (Å²) in [7, 11) is 0. The molecule has 102 valence electrons. The van der Waals surface area contributed by atoms with E-state index in [4.69, 9.17) is 15.6 Å². The van der Waals surface area contributed by atoms with Gasteiger partial charge in [-0.15, -0.1) is 0 Å². The second-order valence-electron chi connectivity index (χ2n) is 5.01. The molecule has 0 bridgehead atoms. The molecule has 3 nitrogen and oxygen atoms in total. The number of hydrogen-bond donors (Lipinski definition) is 2. The van der Waals surface area contributed by atoms with Crippen molar-refractivity contribution in [2.45, 2.75) is 32.8 Å². The van der Waals surface area contributed by atoms with E-state index in [1.165, 1.54) is 5.56 Å². The van der Waals surface area contributed by atoms with Crippen molar-refractivity contribution in [3.05, 3.63) is 35.4 Å². The minimum absolute atomic E-state index is 0.0651. The predicted octanol–water partition coefficient (Wildman–Crippen LogP) is 2.28. The highest BCUT2D eigenvalue weighted by molar-refractivity contribution is 5.24. The lowest BCUT2D eigenvalue weighted by Gasteiger charge is -2.17. The molecule has 0 saturated carbocycles. The molecule has 0 aliphatic carbocycles. The minimum Gasteiger partial charge on any atom is -0.396 e. The first-order valence-corrected chi connectivity index (χ1v) is 6.68. The summed E-state index contributed by atoms with van der Waals surface area (Å²) in [5.74, 6) is 0.668. The van der Waals surface area contributed by atoms with E-state index < -0.39 is 0 Å². The third-order valence-corrected chi connectivity index (χ3v) is 2.83. The summed E-state index contributed by atoms with van der Waals surface area (Å²) in [6, 6.07) is 8.48. The summed E-state index contributed by atoms with van der Waals surface area (Å²) in [5.41, 5.74) is 8.18. The number of benzene rings is 1. The topological polar surface area (TPSA) is 55.5 Å². The highest BCUT2D eigenvalue weighted by Gasteiger charge is 2.09. The normalized spacial score (nSPS) is 12.9. The zero-order valence-corrected chi connectivity index (χ0v) is 11.4. The van der Waals surface area contributed by atoms with Gasteiger partial charge in [0.25, 0.3) is 0 Å². The first-order chi connectivity index (χ1) is 8.67. The quantitative estimate of drug-likeness (QED) is 0.697. The highest BCUT2D eigenvalue weighted by Crippen LogP contribution is 2.18. The van der Waals surface area contributed by atoms with Gasteiger partial charge >= 0.3 is 0 Å². The standard InChI is InChI=1S/C15H25NO2/c1-12(2)10-13-4-6-14(7-5-13)15(11-16)18-9-3-8-17/h4-7,12,15,17H,3,8-11,16H2,1-2H3. The van der Waals surface area contributed by atoms with Crippen LogP contribution in [0, 0.1) is 5.92 Å². The van der Waals surface area contributed by atoms with Crippen molar-refractivity contribution >= 4 is 0 Å². The van der Waals surface area contributed by atoms with Crippen LogP contribution in [0.2, 0.25) is 0 Å². The van der Waals surface area contributed by atoms with Gasteiger partial charge in [0.1, 0.15) is 0 Å². The second kappa shape index (κ2) is 8.25. The fraction of sp³-hybridized carbons (Fsp3) is 0.600. The zero-order valence-electron chi connectivity index (χ0n) is 11.4. The van der Waals surface area contributed by atoms with Gasteiger partial charge in [-0.1, -0.05) is 38.1 Å². The van der Waals surface area contributed by atoms with Crippen molar-refractivity contribution in [3.8, 4) is 0 Å². The first kappa shape index (κ1) is 15.2. The summed E-state index contributed by atoms with van der Waals surface area (Å²) in [6.07, 6.45) is 1.69. The maximum absolute atomic E-state index is 8.73. The van der Waals surface area contributed by atoms with Crippen LogP contribution in [0.3, 0.4) is 0 Å². The van der Waals surface area contributed by atoms with Gasteiger partial charge in [-0.2, -0.15) is 0 Å². The van der Waals surface area contributed by atoms with Gasteiger partial charge in [0.2, 0.25) is 0 Å². The van der Waals surface area contributed by atoms with Gasteiger partial charge < -0.3 is 15.6 Å². The second-order valence-corrected chi connectivity index (χ2v) is 5.01. The molecule has 0 aromatic heterocycles. The highest BCUT2D eigenvalue weighted by atomic mass is 16.5. The summed E-state index contributed by atoms with van der Waals surface area (Å²) in [5, 5.41) is 8.73. The summed E-state index contributed by atoms with van der Waals surface area (Å²) in [4.78, 5) is 0. The van der Waals surface area contributed by atoms with E-state index in [-0.39, 0.29) is 12.7 Å². The number of aliphatic hydroxyl groups is 1. The Labute approximate surface area is 110 Å². The zero-order chi connectivity index (χ0) is 13.4. The maximum Gasteiger partial charge on any atom is 0.0947 e. The summed E-state index contributed by atoms with van der Waals surface area (Å²) < 4.78 is 5.65. The number of ether oxygens (including phenoxy) is 1. The van der Waals surface area contributed by atoms with Crippen LogP contribution in [0.5, 0.6) is 0 Å². The Bertz CT molecular complexity index is 322. The van der Waals surface area contributed by atoms with E-state index in [1.54, 1.807) is 0 Å². The van der Waals surface area contributed by atoms with Crippen LogP contribution in [0.15, 0.2) is 24.3 Å². The van der Waals surface area contributed by atoms with E-state index in [2.05, 4.69) is 38.1 Å². The van der Waals surface area contributed by atoms with Crippen molar-refractivity contribution in [2.75, 3.05) is 19.8 Å². The lowest BCUT2D eigenvalue weighted by atomic mass is 10.0. The molecule has 0 fully saturated rings. The molecule has 0 aliphatic rings. The molecule has 3 heteroatoms. The van der Waals surface area contributed by atoms with Gasteiger partial charge in [0, 0.05) is 19.8 Å². The molecular weight excluding hydrogens is 226 g/mol. The molecule has 0 amide bonds. The lowest BCUT2D eigenvalue weighted by molar-refractivity contribution is 0.0488. The smallest absolute Gasteiger partial charge is 0.0947 e. The van der Waals surface area contributed by atoms with Crippen molar-refractivity contribution in [2.24, 2.45) is 11.7 Å². The van der Waals surface area contributed by atoms with Crippen molar-refractivity contribution in [1.82, 2.24) is 0 Å². The first-order valence-electron chi connectivity index (χ1n) is 6.68. The Balaban J connectivity index is 2.57. The predicted molar refractivity (Wildman–Crippen MR) is 74.4 cm³/mol. The molecule has 1 aromatic carbocycles. The Kier molecular flexibility index (Phi) is 6.94. The molecule has 0 aliphatic heterocycles. The molecule has 1 rings (SSSR count). The van der Waals surface area contributed by atoms with E-state index in [9.17, 15) is 0 Å². The Morgan fingerprint density at radius 2 is 1.89 bits per heavy atom. The van der Waals surface area contributed by atoms with E-state index in [0.717, 1.165) is 12.0 Å². The van der Waals surface area contributed by atoms with Crippen LogP contribution in [-0.4, -0.2) is 24.9 Å².